The van der Waals surface area contributed by atoms with Gasteiger partial charge in [-0.25, -0.2) is 4.39 Å². The van der Waals surface area contributed by atoms with Crippen LogP contribution in [0.5, 0.6) is 5.75 Å². The van der Waals surface area contributed by atoms with E-state index >= 15 is 0 Å². The van der Waals surface area contributed by atoms with Crippen LogP contribution in [0.25, 0.3) is 0 Å². The fraction of sp³-hybridized carbons (Fsp3) is 0.538. The molecule has 2 rings (SSSR count). The minimum atomic E-state index is -1.06. The van der Waals surface area contributed by atoms with Gasteiger partial charge in [-0.3, -0.25) is 0 Å². The number of nitrogens with two attached hydrogens (primary N) is 1. The maximum atomic E-state index is 14.5. The third kappa shape index (κ3) is 1.92. The highest BCUT2D eigenvalue weighted by atomic mass is 19.1. The molecule has 1 atom stereocenters. The van der Waals surface area contributed by atoms with Gasteiger partial charge in [-0.05, 0) is 30.5 Å². The Labute approximate surface area is 95.3 Å². The Kier molecular flexibility index (Phi) is 3.15. The zero-order valence-corrected chi connectivity index (χ0v) is 9.32. The number of alkyl halides is 1. The van der Waals surface area contributed by atoms with E-state index in [0.717, 1.165) is 25.7 Å². The lowest BCUT2D eigenvalue weighted by atomic mass is 9.78. The second-order valence-electron chi connectivity index (χ2n) is 4.73. The van der Waals surface area contributed by atoms with Crippen molar-refractivity contribution in [1.82, 2.24) is 0 Å². The van der Waals surface area contributed by atoms with Gasteiger partial charge >= 0.3 is 0 Å². The quantitative estimate of drug-likeness (QED) is 0.827. The van der Waals surface area contributed by atoms with E-state index in [4.69, 9.17) is 5.73 Å². The lowest BCUT2D eigenvalue weighted by Crippen LogP contribution is -2.32. The van der Waals surface area contributed by atoms with Crippen molar-refractivity contribution < 1.29 is 9.50 Å². The molecule has 1 aliphatic rings. The van der Waals surface area contributed by atoms with Gasteiger partial charge in [0.15, 0.2) is 0 Å². The zero-order valence-electron chi connectivity index (χ0n) is 9.32. The number of halogens is 1. The van der Waals surface area contributed by atoms with Gasteiger partial charge in [0.2, 0.25) is 0 Å². The molecule has 3 N–H and O–H groups in total. The second-order valence-corrected chi connectivity index (χ2v) is 4.73. The molecule has 0 bridgehead atoms. The number of phenolic OH excluding ortho intramolecular Hbond substituents is 1. The normalized spacial score (nSPS) is 20.9. The molecule has 1 aromatic rings. The third-order valence-corrected chi connectivity index (χ3v) is 3.71. The van der Waals surface area contributed by atoms with E-state index in [1.807, 2.05) is 0 Å². The summed E-state index contributed by atoms with van der Waals surface area (Å²) in [5.74, 6) is 0.116. The number of hydrogen-bond acceptors (Lipinski definition) is 2. The minimum absolute atomic E-state index is 0.116. The lowest BCUT2D eigenvalue weighted by molar-refractivity contribution is 0.119. The fourth-order valence-corrected chi connectivity index (χ4v) is 2.68. The van der Waals surface area contributed by atoms with Gasteiger partial charge in [-0.15, -0.1) is 0 Å². The average Bonchev–Trinajstić information content (AvgIpc) is 2.78. The van der Waals surface area contributed by atoms with Gasteiger partial charge in [0.05, 0.1) is 0 Å². The zero-order chi connectivity index (χ0) is 11.6. The summed E-state index contributed by atoms with van der Waals surface area (Å²) >= 11 is 0. The minimum Gasteiger partial charge on any atom is -0.508 e. The number of phenols is 1. The average molecular weight is 223 g/mol. The molecule has 1 aliphatic carbocycles. The maximum Gasteiger partial charge on any atom is 0.132 e. The van der Waals surface area contributed by atoms with Crippen molar-refractivity contribution in [2.45, 2.75) is 31.9 Å². The summed E-state index contributed by atoms with van der Waals surface area (Å²) in [6, 6.07) is 6.46. The number of rotatable bonds is 3. The largest absolute Gasteiger partial charge is 0.508 e. The second kappa shape index (κ2) is 4.42. The van der Waals surface area contributed by atoms with Crippen molar-refractivity contribution in [3.63, 3.8) is 0 Å². The molecule has 1 aromatic carbocycles. The first-order valence-electron chi connectivity index (χ1n) is 5.81. The van der Waals surface area contributed by atoms with Crippen LogP contribution in [-0.2, 0) is 0 Å². The van der Waals surface area contributed by atoms with Gasteiger partial charge in [0.25, 0.3) is 0 Å². The van der Waals surface area contributed by atoms with E-state index in [1.165, 1.54) is 6.07 Å². The molecular formula is C13H18FNO. The van der Waals surface area contributed by atoms with Crippen LogP contribution in [0.15, 0.2) is 24.3 Å². The SMILES string of the molecule is NCC1(C(F)c2cccc(O)c2)CCCC1. The summed E-state index contributed by atoms with van der Waals surface area (Å²) in [6.45, 7) is 0.379. The summed E-state index contributed by atoms with van der Waals surface area (Å²) in [5, 5.41) is 9.36. The van der Waals surface area contributed by atoms with Crippen molar-refractivity contribution in [2.75, 3.05) is 6.54 Å². The van der Waals surface area contributed by atoms with E-state index in [1.54, 1.807) is 18.2 Å². The third-order valence-electron chi connectivity index (χ3n) is 3.71. The van der Waals surface area contributed by atoms with E-state index in [0.29, 0.717) is 12.1 Å². The maximum absolute atomic E-state index is 14.5. The van der Waals surface area contributed by atoms with Crippen molar-refractivity contribution in [1.29, 1.82) is 0 Å². The molecule has 0 spiro atoms. The fourth-order valence-electron chi connectivity index (χ4n) is 2.68. The Morgan fingerprint density at radius 3 is 2.62 bits per heavy atom. The van der Waals surface area contributed by atoms with Gasteiger partial charge in [0, 0.05) is 12.0 Å². The number of hydrogen-bond donors (Lipinski definition) is 2. The smallest absolute Gasteiger partial charge is 0.132 e. The topological polar surface area (TPSA) is 46.2 Å². The van der Waals surface area contributed by atoms with Crippen LogP contribution in [-0.4, -0.2) is 11.7 Å². The monoisotopic (exact) mass is 223 g/mol. The first-order chi connectivity index (χ1) is 7.68. The molecule has 16 heavy (non-hydrogen) atoms. The summed E-state index contributed by atoms with van der Waals surface area (Å²) in [4.78, 5) is 0. The van der Waals surface area contributed by atoms with E-state index in [9.17, 15) is 9.50 Å². The van der Waals surface area contributed by atoms with E-state index < -0.39 is 11.6 Å². The summed E-state index contributed by atoms with van der Waals surface area (Å²) in [5.41, 5.74) is 5.88. The standard InChI is InChI=1S/C13H18FNO/c14-12(10-4-3-5-11(16)8-10)13(9-15)6-1-2-7-13/h3-5,8,12,16H,1-2,6-7,9,15H2. The molecule has 0 aliphatic heterocycles. The van der Waals surface area contributed by atoms with Gasteiger partial charge in [-0.1, -0.05) is 25.0 Å². The van der Waals surface area contributed by atoms with Gasteiger partial charge in [0.1, 0.15) is 11.9 Å². The number of aromatic hydroxyl groups is 1. The molecule has 0 saturated heterocycles. The van der Waals surface area contributed by atoms with Crippen molar-refractivity contribution in [3.05, 3.63) is 29.8 Å². The van der Waals surface area contributed by atoms with Crippen molar-refractivity contribution in [2.24, 2.45) is 11.1 Å². The summed E-state index contributed by atoms with van der Waals surface area (Å²) in [7, 11) is 0. The lowest BCUT2D eigenvalue weighted by Gasteiger charge is -2.31. The first kappa shape index (κ1) is 11.4. The Morgan fingerprint density at radius 1 is 1.38 bits per heavy atom. The Morgan fingerprint density at radius 2 is 2.06 bits per heavy atom. The molecule has 0 radical (unpaired) electrons. The predicted molar refractivity (Wildman–Crippen MR) is 61.9 cm³/mol. The van der Waals surface area contributed by atoms with Crippen molar-refractivity contribution in [3.8, 4) is 5.75 Å². The molecule has 1 saturated carbocycles. The highest BCUT2D eigenvalue weighted by molar-refractivity contribution is 5.30. The molecular weight excluding hydrogens is 205 g/mol. The van der Waals surface area contributed by atoms with Crippen LogP contribution in [0, 0.1) is 5.41 Å². The van der Waals surface area contributed by atoms with Crippen LogP contribution >= 0.6 is 0 Å². The molecule has 2 nitrogen and oxygen atoms in total. The molecule has 0 heterocycles. The number of benzene rings is 1. The Hall–Kier alpha value is -1.09. The Bertz CT molecular complexity index is 361. The highest BCUT2D eigenvalue weighted by Gasteiger charge is 2.41. The molecule has 0 aromatic heterocycles. The molecule has 0 amide bonds. The summed E-state index contributed by atoms with van der Waals surface area (Å²) in [6.07, 6.45) is 2.74. The first-order valence-corrected chi connectivity index (χ1v) is 5.81. The van der Waals surface area contributed by atoms with Crippen LogP contribution in [0.1, 0.15) is 37.4 Å². The van der Waals surface area contributed by atoms with Crippen LogP contribution in [0.2, 0.25) is 0 Å². The van der Waals surface area contributed by atoms with Crippen LogP contribution in [0.3, 0.4) is 0 Å². The van der Waals surface area contributed by atoms with Gasteiger partial charge in [-0.2, -0.15) is 0 Å². The van der Waals surface area contributed by atoms with Crippen LogP contribution < -0.4 is 5.73 Å². The Balaban J connectivity index is 2.26. The summed E-state index contributed by atoms with van der Waals surface area (Å²) < 4.78 is 14.5. The molecule has 3 heteroatoms. The highest BCUT2D eigenvalue weighted by Crippen LogP contribution is 2.49. The van der Waals surface area contributed by atoms with Crippen molar-refractivity contribution >= 4 is 0 Å². The van der Waals surface area contributed by atoms with Gasteiger partial charge < -0.3 is 10.8 Å². The molecule has 88 valence electrons. The van der Waals surface area contributed by atoms with E-state index in [2.05, 4.69) is 0 Å². The van der Waals surface area contributed by atoms with E-state index in [-0.39, 0.29) is 5.75 Å². The molecule has 1 fully saturated rings. The molecule has 1 unspecified atom stereocenters. The predicted octanol–water partition coefficient (Wildman–Crippen LogP) is 2.92. The van der Waals surface area contributed by atoms with Crippen LogP contribution in [0.4, 0.5) is 4.39 Å².